The van der Waals surface area contributed by atoms with Crippen LogP contribution in [0.5, 0.6) is 0 Å². The van der Waals surface area contributed by atoms with E-state index in [9.17, 15) is 14.4 Å². The van der Waals surface area contributed by atoms with Crippen LogP contribution < -0.4 is 0 Å². The maximum absolute atomic E-state index is 11.9. The van der Waals surface area contributed by atoms with E-state index in [0.29, 0.717) is 13.0 Å². The van der Waals surface area contributed by atoms with Gasteiger partial charge in [0.25, 0.3) is 0 Å². The summed E-state index contributed by atoms with van der Waals surface area (Å²) in [5.74, 6) is -1.11. The van der Waals surface area contributed by atoms with Crippen molar-refractivity contribution in [1.82, 2.24) is 4.90 Å². The minimum atomic E-state index is -0.942. The summed E-state index contributed by atoms with van der Waals surface area (Å²) < 4.78 is 0. The van der Waals surface area contributed by atoms with Gasteiger partial charge in [-0.25, -0.2) is 4.79 Å². The smallest absolute Gasteiger partial charge is 0.326 e. The Balaban J connectivity index is 0.00000289. The predicted molar refractivity (Wildman–Crippen MR) is 68.3 cm³/mol. The van der Waals surface area contributed by atoms with Crippen LogP contribution in [0.1, 0.15) is 33.1 Å². The molecule has 1 unspecified atom stereocenters. The van der Waals surface area contributed by atoms with Crippen molar-refractivity contribution in [2.45, 2.75) is 44.4 Å². The van der Waals surface area contributed by atoms with E-state index in [0.717, 1.165) is 18.2 Å². The first-order valence-corrected chi connectivity index (χ1v) is 6.49. The zero-order chi connectivity index (χ0) is 13.0. The van der Waals surface area contributed by atoms with Gasteiger partial charge < -0.3 is 15.5 Å². The van der Waals surface area contributed by atoms with Gasteiger partial charge in [-0.1, -0.05) is 18.7 Å². The minimum absolute atomic E-state index is 0. The molecule has 0 radical (unpaired) electrons. The zero-order valence-corrected chi connectivity index (χ0v) is 11.3. The average Bonchev–Trinajstić information content (AvgIpc) is 2.63. The van der Waals surface area contributed by atoms with Crippen molar-refractivity contribution in [3.8, 4) is 0 Å². The van der Waals surface area contributed by atoms with Gasteiger partial charge in [0.15, 0.2) is 5.12 Å². The Morgan fingerprint density at radius 2 is 2.06 bits per heavy atom. The van der Waals surface area contributed by atoms with Crippen LogP contribution in [-0.4, -0.2) is 50.3 Å². The monoisotopic (exact) mass is 277 g/mol. The lowest BCUT2D eigenvalue weighted by Gasteiger charge is -2.22. The van der Waals surface area contributed by atoms with Gasteiger partial charge in [0.2, 0.25) is 5.91 Å². The summed E-state index contributed by atoms with van der Waals surface area (Å²) in [6.07, 6.45) is 1.47. The number of hydrogen-bond donors (Lipinski definition) is 1. The largest absolute Gasteiger partial charge is 0.480 e. The number of thioether (sulfide) groups is 1. The molecule has 0 bridgehead atoms. The number of carboxylic acid groups (broad SMARTS) is 1. The average molecular weight is 277 g/mol. The Morgan fingerprint density at radius 3 is 2.56 bits per heavy atom. The number of aliphatic carboxylic acids is 1. The highest BCUT2D eigenvalue weighted by atomic mass is 32.2. The summed E-state index contributed by atoms with van der Waals surface area (Å²) in [5, 5.41) is 8.83. The van der Waals surface area contributed by atoms with Crippen LogP contribution in [0.25, 0.3) is 0 Å². The van der Waals surface area contributed by atoms with Crippen LogP contribution in [-0.2, 0) is 14.4 Å². The van der Waals surface area contributed by atoms with Crippen molar-refractivity contribution in [3.63, 3.8) is 0 Å². The molecule has 0 aliphatic carbocycles. The number of carbonyl (C=O) groups is 3. The fourth-order valence-electron chi connectivity index (χ4n) is 2.01. The van der Waals surface area contributed by atoms with Crippen molar-refractivity contribution >= 4 is 28.8 Å². The van der Waals surface area contributed by atoms with Crippen LogP contribution in [0, 0.1) is 0 Å². The Labute approximate surface area is 110 Å². The van der Waals surface area contributed by atoms with Crippen LogP contribution in [0.15, 0.2) is 0 Å². The topological polar surface area (TPSA) is 106 Å². The first-order valence-electron chi connectivity index (χ1n) is 5.61. The van der Waals surface area contributed by atoms with Gasteiger partial charge in [-0.3, -0.25) is 9.59 Å². The molecule has 0 aromatic rings. The third-order valence-corrected chi connectivity index (χ3v) is 3.59. The summed E-state index contributed by atoms with van der Waals surface area (Å²) in [6.45, 7) is 3.77. The molecule has 1 saturated heterocycles. The molecule has 0 aromatic carbocycles. The maximum Gasteiger partial charge on any atom is 0.326 e. The van der Waals surface area contributed by atoms with Crippen molar-refractivity contribution in [2.24, 2.45) is 0 Å². The van der Waals surface area contributed by atoms with E-state index < -0.39 is 12.0 Å². The quantitative estimate of drug-likeness (QED) is 0.795. The Morgan fingerprint density at radius 1 is 1.44 bits per heavy atom. The van der Waals surface area contributed by atoms with E-state index in [1.807, 2.05) is 0 Å². The van der Waals surface area contributed by atoms with Gasteiger partial charge in [-0.15, -0.1) is 0 Å². The van der Waals surface area contributed by atoms with E-state index in [2.05, 4.69) is 0 Å². The van der Waals surface area contributed by atoms with Crippen molar-refractivity contribution < 1.29 is 25.0 Å². The van der Waals surface area contributed by atoms with E-state index in [1.54, 1.807) is 6.92 Å². The summed E-state index contributed by atoms with van der Waals surface area (Å²) in [4.78, 5) is 35.1. The van der Waals surface area contributed by atoms with Crippen molar-refractivity contribution in [2.75, 3.05) is 6.54 Å². The van der Waals surface area contributed by atoms with Gasteiger partial charge >= 0.3 is 5.97 Å². The lowest BCUT2D eigenvalue weighted by atomic mass is 10.2. The standard InChI is InChI=1S/C11H17NO4S.H2O/c1-7(17-8(2)13)6-10(14)12-5-3-4-9(12)11(15)16;/h7,9H,3-6H2,1-2H3,(H,15,16);1H2/t7?,9-;/m0./s1. The second-order valence-corrected chi connectivity index (χ2v) is 5.82. The molecule has 1 aliphatic rings. The molecular formula is C11H19NO5S. The van der Waals surface area contributed by atoms with E-state index >= 15 is 0 Å². The minimum Gasteiger partial charge on any atom is -0.480 e. The molecule has 104 valence electrons. The number of carbonyl (C=O) groups excluding carboxylic acids is 2. The molecule has 2 atom stereocenters. The van der Waals surface area contributed by atoms with Crippen LogP contribution in [0.4, 0.5) is 0 Å². The highest BCUT2D eigenvalue weighted by molar-refractivity contribution is 8.14. The maximum atomic E-state index is 11.9. The third-order valence-electron chi connectivity index (χ3n) is 2.69. The second kappa shape index (κ2) is 7.38. The first kappa shape index (κ1) is 16.9. The number of likely N-dealkylation sites (tertiary alicyclic amines) is 1. The summed E-state index contributed by atoms with van der Waals surface area (Å²) in [6, 6.07) is -0.683. The van der Waals surface area contributed by atoms with E-state index in [1.165, 1.54) is 11.8 Å². The molecule has 1 amide bonds. The van der Waals surface area contributed by atoms with Gasteiger partial charge in [0.05, 0.1) is 0 Å². The number of rotatable bonds is 4. The molecule has 1 fully saturated rings. The van der Waals surface area contributed by atoms with E-state index in [4.69, 9.17) is 5.11 Å². The molecule has 18 heavy (non-hydrogen) atoms. The van der Waals surface area contributed by atoms with Crippen molar-refractivity contribution in [3.05, 3.63) is 0 Å². The van der Waals surface area contributed by atoms with E-state index in [-0.39, 0.29) is 28.2 Å². The second-order valence-electron chi connectivity index (χ2n) is 4.21. The van der Waals surface area contributed by atoms with Gasteiger partial charge in [-0.05, 0) is 12.8 Å². The van der Waals surface area contributed by atoms with Gasteiger partial charge in [0.1, 0.15) is 6.04 Å². The highest BCUT2D eigenvalue weighted by Crippen LogP contribution is 2.22. The fourth-order valence-corrected chi connectivity index (χ4v) is 2.80. The normalized spacial score (nSPS) is 20.1. The fraction of sp³-hybridized carbons (Fsp3) is 0.727. The molecule has 1 aliphatic heterocycles. The van der Waals surface area contributed by atoms with Crippen LogP contribution >= 0.6 is 11.8 Å². The lowest BCUT2D eigenvalue weighted by Crippen LogP contribution is -2.41. The summed E-state index contributed by atoms with van der Waals surface area (Å²) >= 11 is 1.12. The number of nitrogens with zero attached hydrogens (tertiary/aromatic N) is 1. The van der Waals surface area contributed by atoms with Gasteiger partial charge in [-0.2, -0.15) is 0 Å². The van der Waals surface area contributed by atoms with Crippen molar-refractivity contribution in [1.29, 1.82) is 0 Å². The van der Waals surface area contributed by atoms with Crippen LogP contribution in [0.2, 0.25) is 0 Å². The summed E-state index contributed by atoms with van der Waals surface area (Å²) in [5.41, 5.74) is 0. The molecule has 0 aromatic heterocycles. The van der Waals surface area contributed by atoms with Crippen LogP contribution in [0.3, 0.4) is 0 Å². The Bertz CT molecular complexity index is 333. The molecular weight excluding hydrogens is 258 g/mol. The van der Waals surface area contributed by atoms with Gasteiger partial charge in [0, 0.05) is 25.1 Å². The number of amides is 1. The molecule has 0 spiro atoms. The zero-order valence-electron chi connectivity index (χ0n) is 10.5. The summed E-state index contributed by atoms with van der Waals surface area (Å²) in [7, 11) is 0. The lowest BCUT2D eigenvalue weighted by molar-refractivity contribution is -0.148. The molecule has 3 N–H and O–H groups in total. The molecule has 7 heteroatoms. The third kappa shape index (κ3) is 4.66. The molecule has 6 nitrogen and oxygen atoms in total. The Hall–Kier alpha value is -1.08. The highest BCUT2D eigenvalue weighted by Gasteiger charge is 2.34. The molecule has 1 rings (SSSR count). The Kier molecular flexibility index (Phi) is 6.93. The SMILES string of the molecule is CC(=O)SC(C)CC(=O)N1CCC[C@H]1C(=O)O.O. The molecule has 0 saturated carbocycles. The number of carboxylic acids is 1. The molecule has 1 heterocycles. The number of hydrogen-bond acceptors (Lipinski definition) is 4. The first-order chi connectivity index (χ1) is 7.91. The predicted octanol–water partition coefficient (Wildman–Crippen LogP) is 0.296.